The van der Waals surface area contributed by atoms with Crippen LogP contribution in [0.25, 0.3) is 11.1 Å². The first-order valence-electron chi connectivity index (χ1n) is 10.1. The van der Waals surface area contributed by atoms with Crippen LogP contribution in [-0.4, -0.2) is 26.1 Å². The predicted octanol–water partition coefficient (Wildman–Crippen LogP) is 4.63. The lowest BCUT2D eigenvalue weighted by Gasteiger charge is -2.13. The third-order valence-corrected chi connectivity index (χ3v) is 5.46. The average molecular weight is 406 g/mol. The lowest BCUT2D eigenvalue weighted by Crippen LogP contribution is -2.29. The first kappa shape index (κ1) is 21.3. The standard InChI is InChI=1S/C24H26N2O4/c1-4-16(3)21-15-26(22(27)5-2)24(30)25(21)14-17-10-12-18(13-11-17)19-8-6-7-9-20(19)23(28)29/h6-13,15-16H,4-5,14H2,1-3H3,(H,28,29). The fourth-order valence-corrected chi connectivity index (χ4v) is 3.50. The molecule has 1 unspecified atom stereocenters. The van der Waals surface area contributed by atoms with Gasteiger partial charge in [-0.1, -0.05) is 63.2 Å². The molecule has 0 bridgehead atoms. The van der Waals surface area contributed by atoms with E-state index in [1.54, 1.807) is 42.0 Å². The molecule has 0 amide bonds. The first-order valence-corrected chi connectivity index (χ1v) is 10.1. The Bertz CT molecular complexity index is 1120. The molecule has 0 spiro atoms. The molecule has 2 aromatic carbocycles. The van der Waals surface area contributed by atoms with Crippen LogP contribution >= 0.6 is 0 Å². The lowest BCUT2D eigenvalue weighted by molar-refractivity contribution is 0.0697. The molecule has 30 heavy (non-hydrogen) atoms. The van der Waals surface area contributed by atoms with Crippen molar-refractivity contribution in [1.29, 1.82) is 0 Å². The maximum Gasteiger partial charge on any atom is 0.336 e. The summed E-state index contributed by atoms with van der Waals surface area (Å²) in [5.41, 5.74) is 3.11. The number of aromatic carboxylic acids is 1. The highest BCUT2D eigenvalue weighted by Gasteiger charge is 2.19. The van der Waals surface area contributed by atoms with Crippen LogP contribution in [0, 0.1) is 0 Å². The van der Waals surface area contributed by atoms with Crippen molar-refractivity contribution in [3.05, 3.63) is 82.0 Å². The minimum Gasteiger partial charge on any atom is -0.478 e. The number of nitrogens with zero attached hydrogens (tertiary/aromatic N) is 2. The topological polar surface area (TPSA) is 81.3 Å². The molecule has 1 N–H and O–H groups in total. The molecule has 3 aromatic rings. The van der Waals surface area contributed by atoms with Gasteiger partial charge in [0.05, 0.1) is 12.1 Å². The molecule has 3 rings (SSSR count). The molecule has 0 saturated heterocycles. The predicted molar refractivity (Wildman–Crippen MR) is 116 cm³/mol. The molecule has 6 heteroatoms. The van der Waals surface area contributed by atoms with Crippen molar-refractivity contribution in [3.8, 4) is 11.1 Å². The van der Waals surface area contributed by atoms with E-state index >= 15 is 0 Å². The van der Waals surface area contributed by atoms with Crippen LogP contribution in [0.15, 0.2) is 59.5 Å². The second-order valence-corrected chi connectivity index (χ2v) is 7.40. The van der Waals surface area contributed by atoms with Gasteiger partial charge >= 0.3 is 11.7 Å². The van der Waals surface area contributed by atoms with Gasteiger partial charge in [0.15, 0.2) is 0 Å². The van der Waals surface area contributed by atoms with Crippen LogP contribution in [-0.2, 0) is 6.54 Å². The largest absolute Gasteiger partial charge is 0.478 e. The number of carboxylic acids is 1. The molecule has 0 aliphatic heterocycles. The molecule has 6 nitrogen and oxygen atoms in total. The minimum absolute atomic E-state index is 0.144. The summed E-state index contributed by atoms with van der Waals surface area (Å²) in [4.78, 5) is 36.5. The van der Waals surface area contributed by atoms with E-state index in [-0.39, 0.29) is 29.5 Å². The van der Waals surface area contributed by atoms with Crippen LogP contribution in [0.3, 0.4) is 0 Å². The number of hydrogen-bond acceptors (Lipinski definition) is 3. The maximum absolute atomic E-state index is 12.9. The average Bonchev–Trinajstić information content (AvgIpc) is 3.09. The Morgan fingerprint density at radius 2 is 1.70 bits per heavy atom. The van der Waals surface area contributed by atoms with E-state index in [4.69, 9.17) is 0 Å². The number of carbonyl (C=O) groups is 2. The quantitative estimate of drug-likeness (QED) is 0.620. The van der Waals surface area contributed by atoms with E-state index in [1.807, 2.05) is 38.1 Å². The Hall–Kier alpha value is -3.41. The molecular weight excluding hydrogens is 380 g/mol. The van der Waals surface area contributed by atoms with Gasteiger partial charge in [-0.2, -0.15) is 0 Å². The van der Waals surface area contributed by atoms with Crippen LogP contribution < -0.4 is 5.69 Å². The third-order valence-electron chi connectivity index (χ3n) is 5.46. The summed E-state index contributed by atoms with van der Waals surface area (Å²) < 4.78 is 2.86. The molecule has 1 aromatic heterocycles. The molecule has 0 fully saturated rings. The number of imidazole rings is 1. The Balaban J connectivity index is 1.96. The first-order chi connectivity index (χ1) is 14.4. The monoisotopic (exact) mass is 406 g/mol. The Morgan fingerprint density at radius 1 is 1.03 bits per heavy atom. The number of carboxylic acid groups (broad SMARTS) is 1. The fourth-order valence-electron chi connectivity index (χ4n) is 3.50. The van der Waals surface area contributed by atoms with E-state index in [0.717, 1.165) is 23.2 Å². The SMILES string of the molecule is CCC(=O)n1cc(C(C)CC)n(Cc2ccc(-c3ccccc3C(=O)O)cc2)c1=O. The van der Waals surface area contributed by atoms with Gasteiger partial charge in [-0.15, -0.1) is 0 Å². The fraction of sp³-hybridized carbons (Fsp3) is 0.292. The second kappa shape index (κ2) is 8.95. The number of aromatic nitrogens is 2. The van der Waals surface area contributed by atoms with E-state index in [9.17, 15) is 19.5 Å². The molecule has 1 heterocycles. The number of benzene rings is 2. The zero-order valence-electron chi connectivity index (χ0n) is 17.5. The minimum atomic E-state index is -0.971. The van der Waals surface area contributed by atoms with Gasteiger partial charge in [0.2, 0.25) is 5.91 Å². The smallest absolute Gasteiger partial charge is 0.336 e. The van der Waals surface area contributed by atoms with E-state index < -0.39 is 5.97 Å². The molecule has 156 valence electrons. The molecule has 0 saturated carbocycles. The van der Waals surface area contributed by atoms with Crippen molar-refractivity contribution in [1.82, 2.24) is 9.13 Å². The second-order valence-electron chi connectivity index (χ2n) is 7.40. The van der Waals surface area contributed by atoms with Gasteiger partial charge in [0, 0.05) is 18.3 Å². The van der Waals surface area contributed by atoms with Gasteiger partial charge in [0.25, 0.3) is 0 Å². The highest BCUT2D eigenvalue weighted by molar-refractivity contribution is 5.96. The highest BCUT2D eigenvalue weighted by Crippen LogP contribution is 2.25. The van der Waals surface area contributed by atoms with E-state index in [2.05, 4.69) is 0 Å². The third kappa shape index (κ3) is 4.13. The summed E-state index contributed by atoms with van der Waals surface area (Å²) in [6, 6.07) is 14.4. The summed E-state index contributed by atoms with van der Waals surface area (Å²) in [5, 5.41) is 9.41. The van der Waals surface area contributed by atoms with Gasteiger partial charge < -0.3 is 5.11 Å². The normalized spacial score (nSPS) is 12.0. The summed E-state index contributed by atoms with van der Waals surface area (Å²) in [7, 11) is 0. The molecule has 1 atom stereocenters. The Kier molecular flexibility index (Phi) is 6.35. The molecular formula is C24H26N2O4. The Morgan fingerprint density at radius 3 is 2.30 bits per heavy atom. The van der Waals surface area contributed by atoms with Crippen molar-refractivity contribution < 1.29 is 14.7 Å². The highest BCUT2D eigenvalue weighted by atomic mass is 16.4. The van der Waals surface area contributed by atoms with Crippen molar-refractivity contribution in [2.24, 2.45) is 0 Å². The Labute approximate surface area is 175 Å². The van der Waals surface area contributed by atoms with Crippen molar-refractivity contribution in [2.45, 2.75) is 46.1 Å². The van der Waals surface area contributed by atoms with Crippen molar-refractivity contribution >= 4 is 11.9 Å². The summed E-state index contributed by atoms with van der Waals surface area (Å²) in [6.45, 7) is 6.18. The summed E-state index contributed by atoms with van der Waals surface area (Å²) in [6.07, 6.45) is 2.79. The van der Waals surface area contributed by atoms with Crippen LogP contribution in [0.1, 0.15) is 65.9 Å². The van der Waals surface area contributed by atoms with Gasteiger partial charge in [0.1, 0.15) is 0 Å². The van der Waals surface area contributed by atoms with Gasteiger partial charge in [-0.25, -0.2) is 14.2 Å². The van der Waals surface area contributed by atoms with Crippen molar-refractivity contribution in [2.75, 3.05) is 0 Å². The number of rotatable bonds is 7. The van der Waals surface area contributed by atoms with Gasteiger partial charge in [-0.3, -0.25) is 9.36 Å². The van der Waals surface area contributed by atoms with Crippen molar-refractivity contribution in [3.63, 3.8) is 0 Å². The van der Waals surface area contributed by atoms with E-state index in [0.29, 0.717) is 12.1 Å². The lowest BCUT2D eigenvalue weighted by atomic mass is 9.98. The maximum atomic E-state index is 12.9. The van der Waals surface area contributed by atoms with E-state index in [1.165, 1.54) is 4.57 Å². The zero-order chi connectivity index (χ0) is 21.8. The zero-order valence-corrected chi connectivity index (χ0v) is 17.5. The van der Waals surface area contributed by atoms with Crippen LogP contribution in [0.4, 0.5) is 0 Å². The molecule has 0 aliphatic carbocycles. The molecule has 0 radical (unpaired) electrons. The number of hydrogen-bond donors (Lipinski definition) is 1. The van der Waals surface area contributed by atoms with Crippen LogP contribution in [0.2, 0.25) is 0 Å². The molecule has 0 aliphatic rings. The van der Waals surface area contributed by atoms with Gasteiger partial charge in [-0.05, 0) is 35.1 Å². The van der Waals surface area contributed by atoms with Crippen LogP contribution in [0.5, 0.6) is 0 Å². The number of carbonyl (C=O) groups excluding carboxylic acids is 1. The summed E-state index contributed by atoms with van der Waals surface area (Å²) >= 11 is 0. The summed E-state index contributed by atoms with van der Waals surface area (Å²) in [5.74, 6) is -1.05.